The molecular formula is C31H40N6O7. The highest BCUT2D eigenvalue weighted by atomic mass is 16.5. The van der Waals surface area contributed by atoms with Crippen molar-refractivity contribution in [3.63, 3.8) is 0 Å². The lowest BCUT2D eigenvalue weighted by Gasteiger charge is -2.16. The second-order valence-corrected chi connectivity index (χ2v) is 10.9. The van der Waals surface area contributed by atoms with Crippen molar-refractivity contribution in [3.05, 3.63) is 63.5 Å². The number of benzene rings is 2. The van der Waals surface area contributed by atoms with Crippen LogP contribution < -0.4 is 26.7 Å². The van der Waals surface area contributed by atoms with Crippen LogP contribution in [0, 0.1) is 6.92 Å². The van der Waals surface area contributed by atoms with Crippen molar-refractivity contribution in [2.45, 2.75) is 51.6 Å². The third kappa shape index (κ3) is 8.69. The molecule has 13 heteroatoms. The quantitative estimate of drug-likeness (QED) is 0.267. The molecule has 3 aromatic rings. The third-order valence-corrected chi connectivity index (χ3v) is 7.83. The number of aromatic nitrogens is 1. The highest BCUT2D eigenvalue weighted by Crippen LogP contribution is 2.20. The SMILES string of the molecule is COc1ccc(C[C@H](Nc2nc3ccc(CNC(=O)CN4CCCC4)c(C)c3c(=O)o2)C(=O)O)cc1.NC(=O)N1CCCC1. The Morgan fingerprint density at radius 2 is 1.70 bits per heavy atom. The van der Waals surface area contributed by atoms with E-state index >= 15 is 0 Å². The minimum atomic E-state index is -1.11. The molecule has 0 bridgehead atoms. The number of nitrogens with one attached hydrogen (secondary N) is 2. The molecule has 3 heterocycles. The molecule has 0 saturated carbocycles. The Hall–Kier alpha value is -4.65. The van der Waals surface area contributed by atoms with Crippen LogP contribution in [0.4, 0.5) is 10.8 Å². The van der Waals surface area contributed by atoms with Gasteiger partial charge in [-0.25, -0.2) is 14.4 Å². The maximum atomic E-state index is 12.8. The lowest BCUT2D eigenvalue weighted by Crippen LogP contribution is -2.35. The van der Waals surface area contributed by atoms with Crippen molar-refractivity contribution >= 4 is 34.8 Å². The molecule has 2 aliphatic heterocycles. The molecule has 13 nitrogen and oxygen atoms in total. The van der Waals surface area contributed by atoms with Gasteiger partial charge in [0.1, 0.15) is 11.8 Å². The van der Waals surface area contributed by atoms with Gasteiger partial charge in [0.15, 0.2) is 0 Å². The number of carboxylic acid groups (broad SMARTS) is 1. The average Bonchev–Trinajstić information content (AvgIpc) is 3.72. The number of aliphatic carboxylic acids is 1. The predicted molar refractivity (Wildman–Crippen MR) is 165 cm³/mol. The van der Waals surface area contributed by atoms with Crippen molar-refractivity contribution in [1.82, 2.24) is 20.1 Å². The first-order valence-electron chi connectivity index (χ1n) is 14.7. The summed E-state index contributed by atoms with van der Waals surface area (Å²) < 4.78 is 10.5. The summed E-state index contributed by atoms with van der Waals surface area (Å²) in [6.45, 7) is 6.02. The first-order chi connectivity index (χ1) is 21.1. The summed E-state index contributed by atoms with van der Waals surface area (Å²) in [4.78, 5) is 55.4. The van der Waals surface area contributed by atoms with E-state index in [9.17, 15) is 24.3 Å². The minimum Gasteiger partial charge on any atom is -0.497 e. The summed E-state index contributed by atoms with van der Waals surface area (Å²) in [5.41, 5.74) is 6.96. The molecule has 5 rings (SSSR count). The molecule has 3 amide bonds. The number of primary amides is 1. The van der Waals surface area contributed by atoms with Gasteiger partial charge in [-0.15, -0.1) is 0 Å². The van der Waals surface area contributed by atoms with E-state index in [-0.39, 0.29) is 30.9 Å². The molecule has 0 radical (unpaired) electrons. The van der Waals surface area contributed by atoms with Crippen LogP contribution in [0.3, 0.4) is 0 Å². The summed E-state index contributed by atoms with van der Waals surface area (Å²) in [6.07, 6.45) is 4.61. The number of methoxy groups -OCH3 is 1. The van der Waals surface area contributed by atoms with E-state index in [1.54, 1.807) is 55.3 Å². The molecule has 1 atom stereocenters. The molecule has 2 saturated heterocycles. The number of rotatable bonds is 10. The fourth-order valence-corrected chi connectivity index (χ4v) is 5.29. The number of fused-ring (bicyclic) bond motifs is 1. The highest BCUT2D eigenvalue weighted by molar-refractivity contribution is 5.84. The first kappa shape index (κ1) is 32.3. The number of anilines is 1. The fourth-order valence-electron chi connectivity index (χ4n) is 5.29. The second kappa shape index (κ2) is 15.2. The number of carboxylic acids is 1. The average molecular weight is 609 g/mol. The van der Waals surface area contributed by atoms with Gasteiger partial charge in [-0.05, 0) is 80.6 Å². The van der Waals surface area contributed by atoms with Crippen LogP contribution in [0.15, 0.2) is 45.6 Å². The van der Waals surface area contributed by atoms with Gasteiger partial charge in [0.2, 0.25) is 5.91 Å². The summed E-state index contributed by atoms with van der Waals surface area (Å²) in [6, 6.07) is 9.02. The number of hydrogen-bond donors (Lipinski definition) is 4. The first-order valence-corrected chi connectivity index (χ1v) is 14.7. The van der Waals surface area contributed by atoms with Gasteiger partial charge in [0.05, 0.1) is 24.6 Å². The van der Waals surface area contributed by atoms with E-state index in [4.69, 9.17) is 14.9 Å². The number of hydrogen-bond acceptors (Lipinski definition) is 9. The normalized spacial score (nSPS) is 15.4. The van der Waals surface area contributed by atoms with Crippen molar-refractivity contribution < 1.29 is 28.6 Å². The Balaban J connectivity index is 0.000000479. The number of urea groups is 1. The number of ether oxygens (including phenoxy) is 1. The molecule has 0 aliphatic carbocycles. The van der Waals surface area contributed by atoms with Crippen molar-refractivity contribution in [1.29, 1.82) is 0 Å². The molecular weight excluding hydrogens is 568 g/mol. The predicted octanol–water partition coefficient (Wildman–Crippen LogP) is 2.49. The molecule has 0 spiro atoms. The van der Waals surface area contributed by atoms with Crippen molar-refractivity contribution in [2.75, 3.05) is 45.2 Å². The van der Waals surface area contributed by atoms with Gasteiger partial charge in [-0.1, -0.05) is 18.2 Å². The lowest BCUT2D eigenvalue weighted by atomic mass is 10.0. The number of likely N-dealkylation sites (tertiary alicyclic amines) is 2. The smallest absolute Gasteiger partial charge is 0.348 e. The Morgan fingerprint density at radius 3 is 2.30 bits per heavy atom. The maximum Gasteiger partial charge on any atom is 0.348 e. The van der Waals surface area contributed by atoms with Crippen LogP contribution in [0.2, 0.25) is 0 Å². The van der Waals surface area contributed by atoms with E-state index in [2.05, 4.69) is 20.5 Å². The fraction of sp³-hybridized carbons (Fsp3) is 0.452. The van der Waals surface area contributed by atoms with E-state index in [0.29, 0.717) is 28.8 Å². The summed E-state index contributed by atoms with van der Waals surface area (Å²) in [5.74, 6) is -0.495. The molecule has 0 unspecified atom stereocenters. The second-order valence-electron chi connectivity index (χ2n) is 10.9. The minimum absolute atomic E-state index is 0.0577. The number of nitrogens with two attached hydrogens (primary N) is 1. The van der Waals surface area contributed by atoms with Gasteiger partial charge >= 0.3 is 17.6 Å². The van der Waals surface area contributed by atoms with Crippen LogP contribution in [0.25, 0.3) is 10.9 Å². The Labute approximate surface area is 255 Å². The molecule has 236 valence electrons. The van der Waals surface area contributed by atoms with Crippen LogP contribution in [-0.4, -0.2) is 83.7 Å². The lowest BCUT2D eigenvalue weighted by molar-refractivity contribution is -0.138. The standard InChI is InChI=1S/C26H30N4O6.C5H10N2O/c1-16-18(14-27-22(31)15-30-11-3-4-12-30)7-10-20-23(16)25(34)36-26(28-20)29-21(24(32)33)13-17-5-8-19(35-2)9-6-17;6-5(8)7-3-1-2-4-7/h5-10,21H,3-4,11-15H2,1-2H3,(H,27,31)(H,28,29)(H,32,33);1-4H2,(H2,6,8)/t21-;/m0./s1. The van der Waals surface area contributed by atoms with E-state index < -0.39 is 17.6 Å². The largest absolute Gasteiger partial charge is 0.497 e. The Bertz CT molecular complexity index is 1510. The van der Waals surface area contributed by atoms with Crippen LogP contribution in [0.5, 0.6) is 5.75 Å². The van der Waals surface area contributed by atoms with E-state index in [1.165, 1.54) is 0 Å². The third-order valence-electron chi connectivity index (χ3n) is 7.83. The Morgan fingerprint density at radius 1 is 1.05 bits per heavy atom. The van der Waals surface area contributed by atoms with Crippen molar-refractivity contribution in [2.24, 2.45) is 5.73 Å². The molecule has 5 N–H and O–H groups in total. The molecule has 1 aromatic heterocycles. The molecule has 2 aliphatic rings. The van der Waals surface area contributed by atoms with E-state index in [1.807, 2.05) is 0 Å². The van der Waals surface area contributed by atoms with Gasteiger partial charge in [0.25, 0.3) is 6.01 Å². The van der Waals surface area contributed by atoms with Crippen molar-refractivity contribution in [3.8, 4) is 5.75 Å². The van der Waals surface area contributed by atoms with Crippen LogP contribution in [0.1, 0.15) is 42.4 Å². The van der Waals surface area contributed by atoms with Gasteiger partial charge in [-0.3, -0.25) is 9.69 Å². The maximum absolute atomic E-state index is 12.8. The number of carbonyl (C=O) groups is 3. The molecule has 44 heavy (non-hydrogen) atoms. The zero-order valence-electron chi connectivity index (χ0n) is 25.1. The van der Waals surface area contributed by atoms with Crippen LogP contribution >= 0.6 is 0 Å². The number of amides is 3. The number of carbonyl (C=O) groups excluding carboxylic acids is 2. The molecule has 2 aromatic carbocycles. The monoisotopic (exact) mass is 608 g/mol. The topological polar surface area (TPSA) is 180 Å². The van der Waals surface area contributed by atoms with Gasteiger partial charge < -0.3 is 35.5 Å². The van der Waals surface area contributed by atoms with Crippen LogP contribution in [-0.2, 0) is 22.6 Å². The number of nitrogens with zero attached hydrogens (tertiary/aromatic N) is 3. The highest BCUT2D eigenvalue weighted by Gasteiger charge is 2.22. The van der Waals surface area contributed by atoms with Gasteiger partial charge in [0, 0.05) is 26.1 Å². The summed E-state index contributed by atoms with van der Waals surface area (Å²) in [7, 11) is 1.56. The Kier molecular flexibility index (Phi) is 11.1. The summed E-state index contributed by atoms with van der Waals surface area (Å²) >= 11 is 0. The van der Waals surface area contributed by atoms with Gasteiger partial charge in [-0.2, -0.15) is 4.98 Å². The summed E-state index contributed by atoms with van der Waals surface area (Å²) in [5, 5.41) is 15.6. The zero-order valence-corrected chi connectivity index (χ0v) is 25.1. The van der Waals surface area contributed by atoms with E-state index in [0.717, 1.165) is 63.0 Å². The number of aryl methyl sites for hydroxylation is 1. The zero-order chi connectivity index (χ0) is 31.6. The molecule has 2 fully saturated rings.